The number of hydrogen-bond acceptors (Lipinski definition) is 3. The molecule has 5 nitrogen and oxygen atoms in total. The molecule has 1 heterocycles. The van der Waals surface area contributed by atoms with Crippen LogP contribution < -0.4 is 5.32 Å². The predicted octanol–water partition coefficient (Wildman–Crippen LogP) is 2.72. The molecule has 0 bridgehead atoms. The van der Waals surface area contributed by atoms with Crippen LogP contribution in [0, 0.1) is 11.6 Å². The zero-order chi connectivity index (χ0) is 14.9. The number of amides is 2. The molecular weight excluding hydrogens is 358 g/mol. The van der Waals surface area contributed by atoms with Crippen LogP contribution in [0.2, 0.25) is 0 Å². The van der Waals surface area contributed by atoms with Crippen molar-refractivity contribution >= 4 is 45.4 Å². The van der Waals surface area contributed by atoms with E-state index in [0.29, 0.717) is 0 Å². The van der Waals surface area contributed by atoms with Crippen molar-refractivity contribution in [1.82, 2.24) is 4.90 Å². The standard InChI is InChI=1S/C11H9BrF2N2O3S/c12-5-1-6(13)9(7(14)2-5)15-11(19)16-4-20-3-8(16)10(17)18/h1-2,8H,3-4H2,(H,15,19)(H,17,18). The molecule has 0 aliphatic carbocycles. The number of aliphatic carboxylic acids is 1. The van der Waals surface area contributed by atoms with Gasteiger partial charge in [-0.3, -0.25) is 0 Å². The number of anilines is 1. The number of hydrogen-bond donors (Lipinski definition) is 2. The molecule has 1 aliphatic heterocycles. The third kappa shape index (κ3) is 3.04. The number of rotatable bonds is 2. The number of carbonyl (C=O) groups is 2. The smallest absolute Gasteiger partial charge is 0.327 e. The lowest BCUT2D eigenvalue weighted by molar-refractivity contribution is -0.140. The van der Waals surface area contributed by atoms with E-state index in [9.17, 15) is 18.4 Å². The van der Waals surface area contributed by atoms with E-state index in [0.717, 1.165) is 17.0 Å². The van der Waals surface area contributed by atoms with E-state index in [4.69, 9.17) is 5.11 Å². The predicted molar refractivity (Wildman–Crippen MR) is 73.7 cm³/mol. The highest BCUT2D eigenvalue weighted by Gasteiger charge is 2.35. The van der Waals surface area contributed by atoms with E-state index in [1.165, 1.54) is 11.8 Å². The van der Waals surface area contributed by atoms with E-state index < -0.39 is 35.4 Å². The van der Waals surface area contributed by atoms with Gasteiger partial charge in [0.25, 0.3) is 0 Å². The Morgan fingerprint density at radius 3 is 2.55 bits per heavy atom. The lowest BCUT2D eigenvalue weighted by Gasteiger charge is -2.21. The highest BCUT2D eigenvalue weighted by atomic mass is 79.9. The fraction of sp³-hybridized carbons (Fsp3) is 0.273. The highest BCUT2D eigenvalue weighted by molar-refractivity contribution is 9.10. The first-order valence-corrected chi connectivity index (χ1v) is 7.37. The van der Waals surface area contributed by atoms with Crippen LogP contribution in [-0.4, -0.2) is 39.7 Å². The number of carboxylic acids is 1. The van der Waals surface area contributed by atoms with Crippen LogP contribution in [0.15, 0.2) is 16.6 Å². The van der Waals surface area contributed by atoms with Gasteiger partial charge in [-0.25, -0.2) is 18.4 Å². The number of benzene rings is 1. The fourth-order valence-corrected chi connectivity index (χ4v) is 3.23. The maximum atomic E-state index is 13.6. The third-order valence-corrected chi connectivity index (χ3v) is 4.14. The van der Waals surface area contributed by atoms with Crippen molar-refractivity contribution in [3.05, 3.63) is 28.2 Å². The summed E-state index contributed by atoms with van der Waals surface area (Å²) in [5.74, 6) is -2.63. The zero-order valence-corrected chi connectivity index (χ0v) is 12.3. The Bertz CT molecular complexity index is 550. The van der Waals surface area contributed by atoms with Crippen molar-refractivity contribution in [2.45, 2.75) is 6.04 Å². The Kier molecular flexibility index (Phi) is 4.48. The minimum atomic E-state index is -1.15. The molecule has 0 radical (unpaired) electrons. The Labute approximate surface area is 125 Å². The number of carboxylic acid groups (broad SMARTS) is 1. The maximum Gasteiger partial charge on any atom is 0.327 e. The average molecular weight is 367 g/mol. The van der Waals surface area contributed by atoms with Crippen LogP contribution in [0.3, 0.4) is 0 Å². The van der Waals surface area contributed by atoms with Crippen molar-refractivity contribution in [3.63, 3.8) is 0 Å². The lowest BCUT2D eigenvalue weighted by Crippen LogP contribution is -2.44. The van der Waals surface area contributed by atoms with Gasteiger partial charge in [0.1, 0.15) is 11.7 Å². The second-order valence-electron chi connectivity index (χ2n) is 4.00. The molecule has 1 atom stereocenters. The molecule has 1 aromatic rings. The molecule has 108 valence electrons. The van der Waals surface area contributed by atoms with Crippen molar-refractivity contribution in [2.24, 2.45) is 0 Å². The Balaban J connectivity index is 2.18. The van der Waals surface area contributed by atoms with E-state index in [2.05, 4.69) is 21.2 Å². The number of thioether (sulfide) groups is 1. The molecule has 1 aliphatic rings. The molecule has 0 aromatic heterocycles. The molecule has 20 heavy (non-hydrogen) atoms. The molecule has 2 N–H and O–H groups in total. The molecular formula is C11H9BrF2N2O3S. The first-order chi connectivity index (χ1) is 9.40. The Hall–Kier alpha value is -1.35. The van der Waals surface area contributed by atoms with Crippen molar-refractivity contribution in [1.29, 1.82) is 0 Å². The second kappa shape index (κ2) is 5.96. The van der Waals surface area contributed by atoms with Gasteiger partial charge in [0.15, 0.2) is 11.6 Å². The molecule has 9 heteroatoms. The minimum Gasteiger partial charge on any atom is -0.480 e. The van der Waals surface area contributed by atoms with E-state index in [1.807, 2.05) is 0 Å². The fourth-order valence-electron chi connectivity index (χ4n) is 1.69. The summed E-state index contributed by atoms with van der Waals surface area (Å²) >= 11 is 4.18. The number of carbonyl (C=O) groups excluding carboxylic acids is 1. The van der Waals surface area contributed by atoms with Gasteiger partial charge in [-0.2, -0.15) is 0 Å². The summed E-state index contributed by atoms with van der Waals surface area (Å²) in [6.45, 7) is 0. The summed E-state index contributed by atoms with van der Waals surface area (Å²) in [6.07, 6.45) is 0. The lowest BCUT2D eigenvalue weighted by atomic mass is 10.3. The summed E-state index contributed by atoms with van der Waals surface area (Å²) in [4.78, 5) is 23.9. The molecule has 1 aromatic carbocycles. The molecule has 1 fully saturated rings. The largest absolute Gasteiger partial charge is 0.480 e. The van der Waals surface area contributed by atoms with Crippen LogP contribution >= 0.6 is 27.7 Å². The first kappa shape index (κ1) is 15.0. The SMILES string of the molecule is O=C(O)C1CSCN1C(=O)Nc1c(F)cc(Br)cc1F. The number of nitrogens with one attached hydrogen (secondary N) is 1. The van der Waals surface area contributed by atoms with Crippen molar-refractivity contribution < 1.29 is 23.5 Å². The summed E-state index contributed by atoms with van der Waals surface area (Å²) in [7, 11) is 0. The second-order valence-corrected chi connectivity index (χ2v) is 5.91. The van der Waals surface area contributed by atoms with Crippen LogP contribution in [0.1, 0.15) is 0 Å². The van der Waals surface area contributed by atoms with Gasteiger partial charge < -0.3 is 15.3 Å². The van der Waals surface area contributed by atoms with Crippen molar-refractivity contribution in [2.75, 3.05) is 16.9 Å². The van der Waals surface area contributed by atoms with Crippen LogP contribution in [0.25, 0.3) is 0 Å². The van der Waals surface area contributed by atoms with Gasteiger partial charge in [0.2, 0.25) is 0 Å². The summed E-state index contributed by atoms with van der Waals surface area (Å²) in [5.41, 5.74) is -0.598. The quantitative estimate of drug-likeness (QED) is 0.844. The van der Waals surface area contributed by atoms with E-state index >= 15 is 0 Å². The van der Waals surface area contributed by atoms with Crippen LogP contribution in [-0.2, 0) is 4.79 Å². The van der Waals surface area contributed by atoms with Crippen molar-refractivity contribution in [3.8, 4) is 0 Å². The molecule has 1 saturated heterocycles. The normalized spacial score (nSPS) is 18.1. The topological polar surface area (TPSA) is 69.6 Å². The molecule has 0 saturated carbocycles. The summed E-state index contributed by atoms with van der Waals surface area (Å²) < 4.78 is 27.4. The highest BCUT2D eigenvalue weighted by Crippen LogP contribution is 2.26. The molecule has 0 spiro atoms. The van der Waals surface area contributed by atoms with E-state index in [-0.39, 0.29) is 16.1 Å². The minimum absolute atomic E-state index is 0.155. The van der Waals surface area contributed by atoms with E-state index in [1.54, 1.807) is 0 Å². The average Bonchev–Trinajstić information content (AvgIpc) is 2.82. The Morgan fingerprint density at radius 1 is 1.40 bits per heavy atom. The number of urea groups is 1. The van der Waals surface area contributed by atoms with Gasteiger partial charge in [-0.1, -0.05) is 15.9 Å². The van der Waals surface area contributed by atoms with Gasteiger partial charge in [0, 0.05) is 10.2 Å². The van der Waals surface area contributed by atoms with Gasteiger partial charge in [0.05, 0.1) is 5.88 Å². The molecule has 2 amide bonds. The third-order valence-electron chi connectivity index (χ3n) is 2.67. The zero-order valence-electron chi connectivity index (χ0n) is 9.90. The van der Waals surface area contributed by atoms with Gasteiger partial charge >= 0.3 is 12.0 Å². The van der Waals surface area contributed by atoms with Gasteiger partial charge in [-0.15, -0.1) is 11.8 Å². The first-order valence-electron chi connectivity index (χ1n) is 5.43. The number of nitrogens with zero attached hydrogens (tertiary/aromatic N) is 1. The Morgan fingerprint density at radius 2 is 2.00 bits per heavy atom. The molecule has 1 unspecified atom stereocenters. The monoisotopic (exact) mass is 366 g/mol. The number of halogens is 3. The molecule has 2 rings (SSSR count). The van der Waals surface area contributed by atoms with Crippen LogP contribution in [0.4, 0.5) is 19.3 Å². The summed E-state index contributed by atoms with van der Waals surface area (Å²) in [6, 6.07) is 0.169. The maximum absolute atomic E-state index is 13.6. The summed E-state index contributed by atoms with van der Waals surface area (Å²) in [5, 5.41) is 11.0. The van der Waals surface area contributed by atoms with Gasteiger partial charge in [-0.05, 0) is 12.1 Å². The van der Waals surface area contributed by atoms with Crippen LogP contribution in [0.5, 0.6) is 0 Å².